The van der Waals surface area contributed by atoms with E-state index in [4.69, 9.17) is 5.11 Å². The number of carbonyl (C=O) groups is 1. The summed E-state index contributed by atoms with van der Waals surface area (Å²) >= 11 is 0. The minimum Gasteiger partial charge on any atom is -0.452 e. The summed E-state index contributed by atoms with van der Waals surface area (Å²) in [6.45, 7) is 0.396. The Bertz CT molecular complexity index is 291. The third kappa shape index (κ3) is 8.45. The van der Waals surface area contributed by atoms with E-state index in [0.717, 1.165) is 20.0 Å². The van der Waals surface area contributed by atoms with Gasteiger partial charge in [-0.25, -0.2) is 9.52 Å². The van der Waals surface area contributed by atoms with E-state index in [9.17, 15) is 13.2 Å². The van der Waals surface area contributed by atoms with Crippen molar-refractivity contribution < 1.29 is 23.1 Å². The van der Waals surface area contributed by atoms with Crippen molar-refractivity contribution in [2.24, 2.45) is 0 Å². The SMILES string of the molecule is COC(=O)NS(=O)(=O)NCCCCCCO. The van der Waals surface area contributed by atoms with Crippen molar-refractivity contribution in [2.45, 2.75) is 25.7 Å². The van der Waals surface area contributed by atoms with E-state index in [1.165, 1.54) is 0 Å². The molecule has 0 aromatic rings. The number of aliphatic hydroxyl groups is 1. The Hall–Kier alpha value is -0.860. The molecule has 0 aliphatic rings. The van der Waals surface area contributed by atoms with Gasteiger partial charge >= 0.3 is 16.3 Å². The van der Waals surface area contributed by atoms with Gasteiger partial charge in [-0.05, 0) is 12.8 Å². The van der Waals surface area contributed by atoms with Crippen LogP contribution in [0, 0.1) is 0 Å². The van der Waals surface area contributed by atoms with E-state index in [2.05, 4.69) is 9.46 Å². The highest BCUT2D eigenvalue weighted by Gasteiger charge is 2.12. The van der Waals surface area contributed by atoms with Crippen LogP contribution in [0.2, 0.25) is 0 Å². The van der Waals surface area contributed by atoms with Crippen LogP contribution in [-0.2, 0) is 14.9 Å². The number of methoxy groups -OCH3 is 1. The molecule has 3 N–H and O–H groups in total. The van der Waals surface area contributed by atoms with Crippen molar-refractivity contribution in [3.05, 3.63) is 0 Å². The van der Waals surface area contributed by atoms with Crippen LogP contribution in [0.3, 0.4) is 0 Å². The van der Waals surface area contributed by atoms with Gasteiger partial charge < -0.3 is 9.84 Å². The summed E-state index contributed by atoms with van der Waals surface area (Å²) in [7, 11) is -2.73. The smallest absolute Gasteiger partial charge is 0.421 e. The van der Waals surface area contributed by atoms with Crippen LogP contribution < -0.4 is 9.44 Å². The van der Waals surface area contributed by atoms with E-state index in [0.29, 0.717) is 12.8 Å². The zero-order chi connectivity index (χ0) is 12.4. The van der Waals surface area contributed by atoms with E-state index in [-0.39, 0.29) is 13.2 Å². The van der Waals surface area contributed by atoms with Gasteiger partial charge in [0.2, 0.25) is 0 Å². The molecule has 0 heterocycles. The lowest BCUT2D eigenvalue weighted by Crippen LogP contribution is -2.40. The number of amides is 1. The van der Waals surface area contributed by atoms with Gasteiger partial charge in [0.1, 0.15) is 0 Å². The fourth-order valence-corrected chi connectivity index (χ4v) is 1.77. The fraction of sp³-hybridized carbons (Fsp3) is 0.875. The molecule has 0 bridgehead atoms. The summed E-state index contributed by atoms with van der Waals surface area (Å²) in [4.78, 5) is 10.6. The summed E-state index contributed by atoms with van der Waals surface area (Å²) in [6, 6.07) is 0. The Kier molecular flexibility index (Phi) is 7.86. The highest BCUT2D eigenvalue weighted by atomic mass is 32.2. The quantitative estimate of drug-likeness (QED) is 0.517. The van der Waals surface area contributed by atoms with Crippen molar-refractivity contribution in [2.75, 3.05) is 20.3 Å². The highest BCUT2D eigenvalue weighted by Crippen LogP contribution is 1.97. The minimum absolute atomic E-state index is 0.148. The van der Waals surface area contributed by atoms with Crippen molar-refractivity contribution in [1.82, 2.24) is 9.44 Å². The maximum Gasteiger partial charge on any atom is 0.421 e. The zero-order valence-electron chi connectivity index (χ0n) is 9.23. The molecule has 7 nitrogen and oxygen atoms in total. The molecule has 96 valence electrons. The number of carbonyl (C=O) groups excluding carboxylic acids is 1. The standard InChI is InChI=1S/C8H18N2O5S/c1-15-8(12)10-16(13,14)9-6-4-2-3-5-7-11/h9,11H,2-7H2,1H3,(H,10,12). The largest absolute Gasteiger partial charge is 0.452 e. The van der Waals surface area contributed by atoms with E-state index < -0.39 is 16.3 Å². The molecule has 0 saturated carbocycles. The average molecular weight is 254 g/mol. The Morgan fingerprint density at radius 3 is 2.44 bits per heavy atom. The number of hydrogen-bond acceptors (Lipinski definition) is 5. The van der Waals surface area contributed by atoms with E-state index in [1.54, 1.807) is 4.72 Å². The molecule has 0 aromatic carbocycles. The monoisotopic (exact) mass is 254 g/mol. The normalized spacial score (nSPS) is 11.1. The van der Waals surface area contributed by atoms with E-state index >= 15 is 0 Å². The predicted octanol–water partition coefficient (Wildman–Crippen LogP) is -0.270. The second kappa shape index (κ2) is 8.31. The number of nitrogens with one attached hydrogen (secondary N) is 2. The van der Waals surface area contributed by atoms with Crippen molar-refractivity contribution in [3.8, 4) is 0 Å². The molecule has 0 aliphatic heterocycles. The van der Waals surface area contributed by atoms with E-state index in [1.807, 2.05) is 0 Å². The summed E-state index contributed by atoms with van der Waals surface area (Å²) in [5.41, 5.74) is 0. The molecule has 0 aliphatic carbocycles. The molecule has 0 fully saturated rings. The summed E-state index contributed by atoms with van der Waals surface area (Å²) in [5, 5.41) is 8.51. The summed E-state index contributed by atoms with van der Waals surface area (Å²) in [6.07, 6.45) is 2.02. The van der Waals surface area contributed by atoms with Crippen LogP contribution in [0.5, 0.6) is 0 Å². The second-order valence-electron chi connectivity index (χ2n) is 3.13. The first kappa shape index (κ1) is 15.1. The maximum atomic E-state index is 11.1. The molecule has 0 radical (unpaired) electrons. The minimum atomic E-state index is -3.81. The first-order chi connectivity index (χ1) is 7.52. The lowest BCUT2D eigenvalue weighted by atomic mass is 10.2. The van der Waals surface area contributed by atoms with Gasteiger partial charge in [-0.1, -0.05) is 12.8 Å². The molecule has 0 aromatic heterocycles. The molecule has 0 spiro atoms. The second-order valence-corrected chi connectivity index (χ2v) is 4.63. The summed E-state index contributed by atoms with van der Waals surface area (Å²) < 4.78 is 30.3. The molecule has 0 atom stereocenters. The van der Waals surface area contributed by atoms with Crippen LogP contribution in [0.4, 0.5) is 4.79 Å². The van der Waals surface area contributed by atoms with Crippen LogP contribution in [0.15, 0.2) is 0 Å². The third-order valence-corrected chi connectivity index (χ3v) is 2.80. The lowest BCUT2D eigenvalue weighted by Gasteiger charge is -2.06. The molecule has 0 saturated heterocycles. The molecule has 0 rings (SSSR count). The molecular formula is C8H18N2O5S. The van der Waals surface area contributed by atoms with Gasteiger partial charge in [-0.2, -0.15) is 13.1 Å². The van der Waals surface area contributed by atoms with Crippen molar-refractivity contribution in [1.29, 1.82) is 0 Å². The Morgan fingerprint density at radius 2 is 1.88 bits per heavy atom. The average Bonchev–Trinajstić information content (AvgIpc) is 2.22. The first-order valence-corrected chi connectivity index (χ1v) is 6.46. The summed E-state index contributed by atoms with van der Waals surface area (Å²) in [5.74, 6) is 0. The fourth-order valence-electron chi connectivity index (χ4n) is 0.984. The van der Waals surface area contributed by atoms with Gasteiger partial charge in [0.25, 0.3) is 0 Å². The molecule has 1 amide bonds. The van der Waals surface area contributed by atoms with Gasteiger partial charge in [-0.15, -0.1) is 0 Å². The Balaban J connectivity index is 3.63. The number of aliphatic hydroxyl groups excluding tert-OH is 1. The van der Waals surface area contributed by atoms with Crippen molar-refractivity contribution >= 4 is 16.3 Å². The number of rotatable bonds is 8. The molecule has 0 unspecified atom stereocenters. The molecule has 8 heteroatoms. The van der Waals surface area contributed by atoms with Crippen LogP contribution in [-0.4, -0.2) is 39.9 Å². The van der Waals surface area contributed by atoms with Gasteiger partial charge in [-0.3, -0.25) is 0 Å². The number of unbranched alkanes of at least 4 members (excludes halogenated alkanes) is 3. The maximum absolute atomic E-state index is 11.1. The van der Waals surface area contributed by atoms with Crippen LogP contribution in [0.25, 0.3) is 0 Å². The highest BCUT2D eigenvalue weighted by molar-refractivity contribution is 7.88. The first-order valence-electron chi connectivity index (χ1n) is 4.98. The van der Waals surface area contributed by atoms with Crippen LogP contribution >= 0.6 is 0 Å². The van der Waals surface area contributed by atoms with Gasteiger partial charge in [0, 0.05) is 13.2 Å². The number of ether oxygens (including phenoxy) is 1. The third-order valence-electron chi connectivity index (χ3n) is 1.78. The molecular weight excluding hydrogens is 236 g/mol. The Labute approximate surface area is 95.4 Å². The van der Waals surface area contributed by atoms with Crippen molar-refractivity contribution in [3.63, 3.8) is 0 Å². The predicted molar refractivity (Wildman–Crippen MR) is 58.0 cm³/mol. The van der Waals surface area contributed by atoms with Crippen LogP contribution in [0.1, 0.15) is 25.7 Å². The number of hydrogen-bond donors (Lipinski definition) is 3. The van der Waals surface area contributed by atoms with Gasteiger partial charge in [0.15, 0.2) is 0 Å². The topological polar surface area (TPSA) is 105 Å². The Morgan fingerprint density at radius 1 is 1.25 bits per heavy atom. The zero-order valence-corrected chi connectivity index (χ0v) is 10.0. The van der Waals surface area contributed by atoms with Gasteiger partial charge in [0.05, 0.1) is 7.11 Å². The lowest BCUT2D eigenvalue weighted by molar-refractivity contribution is 0.177. The molecule has 16 heavy (non-hydrogen) atoms.